The van der Waals surface area contributed by atoms with Crippen molar-refractivity contribution in [2.75, 3.05) is 27.3 Å². The van der Waals surface area contributed by atoms with E-state index in [0.717, 1.165) is 12.8 Å². The molecule has 4 aromatic rings. The van der Waals surface area contributed by atoms with E-state index < -0.39 is 146 Å². The SMILES string of the molecule is COc1cc(F)cc2c(O[C@@H]3C[C@H]4C(=O)C[C@]5(C(=O)NS(=O)(=O)C6(C)CC6)C[C@H]5/C=C\CC[C@@H](C)C[C@@H](C)[C@H](CC(=O)OC(C)(C)C)C(=O)N4C3)nccc12.COc1cc(F)cc2c(O[C@@H]3C[C@H]4C(=O)C[C@]5(C(=O)NS(=O)(=O)C6(C)CC6)C[C@H]5/C=C\CC[C@H](C)C[C@@H](C)[C@H](CC(=O)OC(C)(C)C)C(=O)N4C3)nccc12. The zero-order chi connectivity index (χ0) is 80.2. The van der Waals surface area contributed by atoms with E-state index in [2.05, 4.69) is 33.3 Å². The number of amides is 4. The Bertz CT molecular complexity index is 4270. The number of nitrogens with zero attached hydrogens (tertiary/aromatic N) is 4. The number of fused-ring (bicyclic) bond motifs is 6. The Morgan fingerprint density at radius 1 is 0.555 bits per heavy atom. The van der Waals surface area contributed by atoms with Crippen LogP contribution in [0.15, 0.2) is 73.1 Å². The highest BCUT2D eigenvalue weighted by atomic mass is 32.2. The van der Waals surface area contributed by atoms with Gasteiger partial charge < -0.3 is 38.2 Å². The fourth-order valence-electron chi connectivity index (χ4n) is 16.5. The number of ketones is 2. The van der Waals surface area contributed by atoms with Crippen molar-refractivity contribution < 1.29 is 92.4 Å². The van der Waals surface area contributed by atoms with E-state index in [4.69, 9.17) is 28.4 Å². The summed E-state index contributed by atoms with van der Waals surface area (Å²) >= 11 is 0. The van der Waals surface area contributed by atoms with Crippen molar-refractivity contribution in [3.8, 4) is 23.3 Å². The van der Waals surface area contributed by atoms with E-state index in [-0.39, 0.29) is 123 Å². The van der Waals surface area contributed by atoms with Crippen LogP contribution in [-0.2, 0) is 67.9 Å². The molecular formula is C82H108F2N6O18S2. The quantitative estimate of drug-likeness (QED) is 0.0777. The van der Waals surface area contributed by atoms with Crippen LogP contribution in [0.3, 0.4) is 0 Å². The lowest BCUT2D eigenvalue weighted by Gasteiger charge is -2.32. The van der Waals surface area contributed by atoms with Crippen molar-refractivity contribution >= 4 is 88.7 Å². The van der Waals surface area contributed by atoms with Gasteiger partial charge in [0.1, 0.15) is 46.5 Å². The smallest absolute Gasteiger partial charge is 0.307 e. The highest BCUT2D eigenvalue weighted by molar-refractivity contribution is 7.92. The van der Waals surface area contributed by atoms with Crippen LogP contribution in [0, 0.1) is 69.8 Å². The highest BCUT2D eigenvalue weighted by Crippen LogP contribution is 2.59. The van der Waals surface area contributed by atoms with E-state index in [1.165, 1.54) is 60.7 Å². The standard InChI is InChI=1S/2C41H54FN3O9S/c2*1-24-10-8-9-11-26-21-41(26,38(49)44-55(50,51)40(6)13-14-40)22-33(46)32-19-28(53-36-31-17-27(42)18-34(52-7)29(31)12-15-43-36)23-45(32)37(48)30(25(2)16-24)20-35(47)54-39(3,4)5/h2*9,11-12,15,17-18,24-26,28,30,32H,8,10,13-14,16,19-23H2,1-7H3,(H,44,49)/b2*11-9-/t24-,25+,26+,28+,30-,32-,41+;24-,25-,26-,28-,30+,32+,41-/m01/s1. The average molecular weight is 1570 g/mol. The molecule has 4 aliphatic heterocycles. The van der Waals surface area contributed by atoms with E-state index in [1.54, 1.807) is 67.5 Å². The lowest BCUT2D eigenvalue weighted by Crippen LogP contribution is -2.48. The van der Waals surface area contributed by atoms with Crippen LogP contribution in [0.1, 0.15) is 199 Å². The van der Waals surface area contributed by atoms with Gasteiger partial charge in [0.25, 0.3) is 0 Å². The predicted molar refractivity (Wildman–Crippen MR) is 406 cm³/mol. The van der Waals surface area contributed by atoms with E-state index >= 15 is 0 Å². The first-order chi connectivity index (χ1) is 51.5. The summed E-state index contributed by atoms with van der Waals surface area (Å²) in [7, 11) is -5.10. The van der Waals surface area contributed by atoms with Gasteiger partial charge in [-0.05, 0) is 192 Å². The molecule has 2 aromatic heterocycles. The van der Waals surface area contributed by atoms with Crippen LogP contribution in [0.2, 0.25) is 0 Å². The van der Waals surface area contributed by atoms with Crippen molar-refractivity contribution in [1.82, 2.24) is 29.2 Å². The average Bonchev–Trinajstić information content (AvgIpc) is 1.57. The molecule has 2 N–H and O–H groups in total. The third-order valence-corrected chi connectivity index (χ3v) is 28.1. The van der Waals surface area contributed by atoms with Crippen molar-refractivity contribution in [2.45, 2.75) is 244 Å². The van der Waals surface area contributed by atoms with Crippen molar-refractivity contribution in [3.63, 3.8) is 0 Å². The number of pyridine rings is 2. The summed E-state index contributed by atoms with van der Waals surface area (Å²) in [6, 6.07) is 6.31. The fraction of sp³-hybridized carbons (Fsp3) is 0.634. The van der Waals surface area contributed by atoms with Gasteiger partial charge in [-0.2, -0.15) is 0 Å². The molecule has 0 unspecified atom stereocenters. The third kappa shape index (κ3) is 18.5. The van der Waals surface area contributed by atoms with E-state index in [0.29, 0.717) is 72.9 Å². The van der Waals surface area contributed by atoms with Crippen molar-refractivity contribution in [3.05, 3.63) is 84.7 Å². The molecule has 0 radical (unpaired) electrons. The molecule has 4 aliphatic carbocycles. The second kappa shape index (κ2) is 31.8. The summed E-state index contributed by atoms with van der Waals surface area (Å²) in [4.78, 5) is 125. The molecule has 110 heavy (non-hydrogen) atoms. The molecule has 0 bridgehead atoms. The summed E-state index contributed by atoms with van der Waals surface area (Å²) in [6.07, 6.45) is 15.0. The number of hydrogen-bond donors (Lipinski definition) is 2. The number of allylic oxidation sites excluding steroid dienone is 4. The Morgan fingerprint density at radius 2 is 0.918 bits per heavy atom. The minimum atomic E-state index is -3.98. The minimum absolute atomic E-state index is 0.0353. The number of sulfonamides is 2. The highest BCUT2D eigenvalue weighted by Gasteiger charge is 2.65. The number of hydrogen-bond acceptors (Lipinski definition) is 20. The number of rotatable bonds is 16. The van der Waals surface area contributed by atoms with E-state index in [1.807, 2.05) is 38.2 Å². The van der Waals surface area contributed by atoms with Gasteiger partial charge in [0, 0.05) is 61.0 Å². The molecule has 28 heteroatoms. The second-order valence-electron chi connectivity index (χ2n) is 35.0. The van der Waals surface area contributed by atoms with Gasteiger partial charge in [0.15, 0.2) is 11.6 Å². The van der Waals surface area contributed by atoms with Gasteiger partial charge in [-0.3, -0.25) is 47.8 Å². The van der Waals surface area contributed by atoms with Crippen LogP contribution in [0.4, 0.5) is 8.78 Å². The molecule has 12 rings (SSSR count). The number of Topliss-reactive ketones (excluding diaryl/α,β-unsaturated/α-hetero) is 2. The number of carbonyl (C=O) groups excluding carboxylic acids is 8. The van der Waals surface area contributed by atoms with E-state index in [9.17, 15) is 64.0 Å². The maximum Gasteiger partial charge on any atom is 0.307 e. The summed E-state index contributed by atoms with van der Waals surface area (Å²) in [6.45, 7) is 21.7. The molecule has 0 spiro atoms. The van der Waals surface area contributed by atoms with Gasteiger partial charge in [0.2, 0.25) is 55.4 Å². The first-order valence-corrected chi connectivity index (χ1v) is 41.6. The second-order valence-corrected chi connectivity index (χ2v) is 39.4. The number of ether oxygens (including phenoxy) is 6. The van der Waals surface area contributed by atoms with Crippen LogP contribution < -0.4 is 28.4 Å². The molecule has 8 aliphatic rings. The topological polar surface area (TPSA) is 317 Å². The molecule has 6 heterocycles. The third-order valence-electron chi connectivity index (χ3n) is 23.7. The zero-order valence-corrected chi connectivity index (χ0v) is 67.3. The summed E-state index contributed by atoms with van der Waals surface area (Å²) in [5.41, 5.74) is -4.16. The molecule has 14 atom stereocenters. The Balaban J connectivity index is 0.000000218. The van der Waals surface area contributed by atoms with Crippen molar-refractivity contribution in [2.24, 2.45) is 58.2 Å². The lowest BCUT2D eigenvalue weighted by atomic mass is 9.82. The molecule has 6 fully saturated rings. The fourth-order valence-corrected chi connectivity index (χ4v) is 19.2. The van der Waals surface area contributed by atoms with Crippen LogP contribution in [0.25, 0.3) is 21.5 Å². The number of esters is 2. The molecule has 2 saturated heterocycles. The lowest BCUT2D eigenvalue weighted by molar-refractivity contribution is -0.160. The minimum Gasteiger partial charge on any atom is -0.496 e. The predicted octanol–water partition coefficient (Wildman–Crippen LogP) is 12.1. The Morgan fingerprint density at radius 3 is 1.25 bits per heavy atom. The number of benzene rings is 2. The number of methoxy groups -OCH3 is 2. The van der Waals surface area contributed by atoms with Crippen molar-refractivity contribution in [1.29, 1.82) is 0 Å². The van der Waals surface area contributed by atoms with Gasteiger partial charge in [0.05, 0.1) is 95.2 Å². The number of nitrogens with one attached hydrogen (secondary N) is 2. The van der Waals surface area contributed by atoms with Gasteiger partial charge in [-0.1, -0.05) is 52.0 Å². The van der Waals surface area contributed by atoms with Gasteiger partial charge in [-0.25, -0.2) is 35.6 Å². The molecular weight excluding hydrogens is 1460 g/mol. The molecule has 600 valence electrons. The van der Waals surface area contributed by atoms with Gasteiger partial charge in [-0.15, -0.1) is 0 Å². The number of carbonyl (C=O) groups is 8. The number of halogens is 2. The summed E-state index contributed by atoms with van der Waals surface area (Å²) in [5.74, 6) is -6.99. The maximum absolute atomic E-state index is 14.8. The van der Waals surface area contributed by atoms with Crippen LogP contribution >= 0.6 is 0 Å². The first-order valence-electron chi connectivity index (χ1n) is 38.7. The Kier molecular flexibility index (Phi) is 23.9. The monoisotopic (exact) mass is 1570 g/mol. The Hall–Kier alpha value is -8.14. The van der Waals surface area contributed by atoms with Gasteiger partial charge >= 0.3 is 11.9 Å². The molecule has 4 saturated carbocycles. The normalized spacial score (nSPS) is 30.3. The van der Waals surface area contributed by atoms with Crippen LogP contribution in [-0.4, -0.2) is 156 Å². The zero-order valence-electron chi connectivity index (χ0n) is 65.7. The Labute approximate surface area is 644 Å². The molecule has 2 aromatic carbocycles. The molecule has 4 amide bonds. The number of aromatic nitrogens is 2. The molecule has 24 nitrogen and oxygen atoms in total. The first kappa shape index (κ1) is 82.8. The summed E-state index contributed by atoms with van der Waals surface area (Å²) < 4.78 is 120. The largest absolute Gasteiger partial charge is 0.496 e. The summed E-state index contributed by atoms with van der Waals surface area (Å²) in [5, 5.41) is 1.82. The van der Waals surface area contributed by atoms with Crippen LogP contribution in [0.5, 0.6) is 23.3 Å². The maximum atomic E-state index is 14.8.